The average Bonchev–Trinajstić information content (AvgIpc) is 2.55. The Kier molecular flexibility index (Phi) is 6.24. The number of piperidine rings is 1. The lowest BCUT2D eigenvalue weighted by Gasteiger charge is -2.31. The fourth-order valence-corrected chi connectivity index (χ4v) is 2.95. The number of rotatable bonds is 6. The van der Waals surface area contributed by atoms with Crippen molar-refractivity contribution < 1.29 is 14.3 Å². The summed E-state index contributed by atoms with van der Waals surface area (Å²) >= 11 is 0. The van der Waals surface area contributed by atoms with Crippen molar-refractivity contribution in [3.05, 3.63) is 23.8 Å². The van der Waals surface area contributed by atoms with E-state index in [0.29, 0.717) is 0 Å². The highest BCUT2D eigenvalue weighted by molar-refractivity contribution is 5.78. The molecule has 128 valence electrons. The maximum atomic E-state index is 11.7. The second-order valence-electron chi connectivity index (χ2n) is 6.23. The number of hydrogen-bond donors (Lipinski definition) is 2. The number of amides is 1. The van der Waals surface area contributed by atoms with Gasteiger partial charge in [0.05, 0.1) is 19.1 Å². The van der Waals surface area contributed by atoms with E-state index >= 15 is 0 Å². The van der Waals surface area contributed by atoms with Crippen LogP contribution >= 0.6 is 0 Å². The molecule has 1 heterocycles. The molecule has 1 fully saturated rings. The highest BCUT2D eigenvalue weighted by atomic mass is 16.5. The van der Waals surface area contributed by atoms with Crippen LogP contribution in [0, 0.1) is 5.92 Å². The second kappa shape index (κ2) is 8.17. The van der Waals surface area contributed by atoms with Crippen LogP contribution in [0.2, 0.25) is 0 Å². The van der Waals surface area contributed by atoms with Gasteiger partial charge in [0.15, 0.2) is 11.5 Å². The molecular formula is C17H27N3O3. The predicted octanol–water partition coefficient (Wildman–Crippen LogP) is 1.68. The summed E-state index contributed by atoms with van der Waals surface area (Å²) in [4.78, 5) is 14.0. The summed E-state index contributed by atoms with van der Waals surface area (Å²) in [5.74, 6) is 6.64. The van der Waals surface area contributed by atoms with Gasteiger partial charge in [-0.15, -0.1) is 0 Å². The van der Waals surface area contributed by atoms with Crippen LogP contribution in [0.25, 0.3) is 0 Å². The van der Waals surface area contributed by atoms with Crippen molar-refractivity contribution in [1.29, 1.82) is 0 Å². The first-order valence-corrected chi connectivity index (χ1v) is 8.10. The monoisotopic (exact) mass is 321 g/mol. The van der Waals surface area contributed by atoms with Crippen molar-refractivity contribution in [2.45, 2.75) is 39.3 Å². The summed E-state index contributed by atoms with van der Waals surface area (Å²) in [5, 5.41) is 0. The third kappa shape index (κ3) is 4.84. The summed E-state index contributed by atoms with van der Waals surface area (Å²) < 4.78 is 11.2. The number of methoxy groups -OCH3 is 1. The lowest BCUT2D eigenvalue weighted by Crippen LogP contribution is -2.44. The molecule has 1 aromatic rings. The average molecular weight is 321 g/mol. The van der Waals surface area contributed by atoms with E-state index in [1.807, 2.05) is 32.0 Å². The van der Waals surface area contributed by atoms with E-state index in [1.165, 1.54) is 0 Å². The van der Waals surface area contributed by atoms with Gasteiger partial charge in [-0.25, -0.2) is 5.84 Å². The van der Waals surface area contributed by atoms with Gasteiger partial charge in [0.25, 0.3) is 0 Å². The fourth-order valence-electron chi connectivity index (χ4n) is 2.95. The molecule has 1 aromatic carbocycles. The van der Waals surface area contributed by atoms with E-state index in [2.05, 4.69) is 10.3 Å². The van der Waals surface area contributed by atoms with Gasteiger partial charge in [-0.05, 0) is 50.9 Å². The Labute approximate surface area is 137 Å². The van der Waals surface area contributed by atoms with Crippen LogP contribution in [0.4, 0.5) is 0 Å². The van der Waals surface area contributed by atoms with Crippen LogP contribution in [0.15, 0.2) is 18.2 Å². The number of nitrogens with two attached hydrogens (primary N) is 1. The number of ether oxygens (including phenoxy) is 2. The Morgan fingerprint density at radius 1 is 1.43 bits per heavy atom. The van der Waals surface area contributed by atoms with Crippen LogP contribution in [0.3, 0.4) is 0 Å². The van der Waals surface area contributed by atoms with E-state index in [-0.39, 0.29) is 17.9 Å². The van der Waals surface area contributed by atoms with Gasteiger partial charge in [-0.3, -0.25) is 15.1 Å². The van der Waals surface area contributed by atoms with Crippen molar-refractivity contribution in [1.82, 2.24) is 10.3 Å². The Hall–Kier alpha value is -1.79. The summed E-state index contributed by atoms with van der Waals surface area (Å²) in [6.07, 6.45) is 2.00. The molecule has 1 unspecified atom stereocenters. The van der Waals surface area contributed by atoms with Gasteiger partial charge in [0, 0.05) is 13.1 Å². The van der Waals surface area contributed by atoms with Gasteiger partial charge >= 0.3 is 0 Å². The highest BCUT2D eigenvalue weighted by Crippen LogP contribution is 2.30. The molecule has 6 heteroatoms. The molecule has 0 aliphatic carbocycles. The summed E-state index contributed by atoms with van der Waals surface area (Å²) in [5.41, 5.74) is 3.41. The molecule has 0 radical (unpaired) electrons. The van der Waals surface area contributed by atoms with Crippen molar-refractivity contribution >= 4 is 5.91 Å². The number of nitrogens with one attached hydrogen (secondary N) is 1. The Balaban J connectivity index is 2.03. The minimum Gasteiger partial charge on any atom is -0.493 e. The zero-order valence-corrected chi connectivity index (χ0v) is 14.2. The molecule has 6 nitrogen and oxygen atoms in total. The Morgan fingerprint density at radius 3 is 2.87 bits per heavy atom. The molecule has 0 bridgehead atoms. The molecule has 1 saturated heterocycles. The van der Waals surface area contributed by atoms with Gasteiger partial charge in [0.1, 0.15) is 0 Å². The third-order valence-electron chi connectivity index (χ3n) is 4.02. The van der Waals surface area contributed by atoms with Gasteiger partial charge < -0.3 is 9.47 Å². The zero-order chi connectivity index (χ0) is 16.8. The first kappa shape index (κ1) is 17.6. The number of carbonyl (C=O) groups is 1. The van der Waals surface area contributed by atoms with Crippen molar-refractivity contribution in [2.24, 2.45) is 11.8 Å². The van der Waals surface area contributed by atoms with Crippen LogP contribution in [-0.4, -0.2) is 37.1 Å². The molecule has 1 amide bonds. The summed E-state index contributed by atoms with van der Waals surface area (Å²) in [7, 11) is 1.65. The number of benzene rings is 1. The topological polar surface area (TPSA) is 76.8 Å². The quantitative estimate of drug-likeness (QED) is 0.474. The molecule has 0 spiro atoms. The van der Waals surface area contributed by atoms with Crippen LogP contribution in [-0.2, 0) is 11.3 Å². The molecule has 0 saturated carbocycles. The van der Waals surface area contributed by atoms with Crippen molar-refractivity contribution in [3.63, 3.8) is 0 Å². The van der Waals surface area contributed by atoms with Crippen LogP contribution < -0.4 is 20.7 Å². The molecule has 2 rings (SSSR count). The van der Waals surface area contributed by atoms with E-state index in [1.54, 1.807) is 7.11 Å². The Bertz CT molecular complexity index is 534. The molecule has 1 aliphatic rings. The summed E-state index contributed by atoms with van der Waals surface area (Å²) in [6, 6.07) is 6.00. The first-order chi connectivity index (χ1) is 11.0. The summed E-state index contributed by atoms with van der Waals surface area (Å²) in [6.45, 7) is 6.48. The van der Waals surface area contributed by atoms with Gasteiger partial charge in [-0.2, -0.15) is 0 Å². The molecule has 23 heavy (non-hydrogen) atoms. The van der Waals surface area contributed by atoms with Crippen molar-refractivity contribution in [2.75, 3.05) is 20.2 Å². The van der Waals surface area contributed by atoms with Gasteiger partial charge in [-0.1, -0.05) is 6.07 Å². The lowest BCUT2D eigenvalue weighted by molar-refractivity contribution is -0.126. The normalized spacial score (nSPS) is 18.7. The molecule has 1 aliphatic heterocycles. The molecule has 3 N–H and O–H groups in total. The smallest absolute Gasteiger partial charge is 0.238 e. The largest absolute Gasteiger partial charge is 0.493 e. The third-order valence-corrected chi connectivity index (χ3v) is 4.02. The van der Waals surface area contributed by atoms with E-state index < -0.39 is 0 Å². The van der Waals surface area contributed by atoms with E-state index in [0.717, 1.165) is 49.5 Å². The predicted molar refractivity (Wildman–Crippen MR) is 89.1 cm³/mol. The van der Waals surface area contributed by atoms with Crippen molar-refractivity contribution in [3.8, 4) is 11.5 Å². The minimum absolute atomic E-state index is 0.0285. The minimum atomic E-state index is -0.0760. The van der Waals surface area contributed by atoms with Crippen LogP contribution in [0.5, 0.6) is 11.5 Å². The number of hydrazine groups is 1. The number of nitrogens with zero attached hydrogens (tertiary/aromatic N) is 1. The number of carbonyl (C=O) groups excluding carboxylic acids is 1. The zero-order valence-electron chi connectivity index (χ0n) is 14.2. The number of hydrogen-bond acceptors (Lipinski definition) is 5. The standard InChI is InChI=1S/C17H27N3O3/c1-12(2)23-15-7-6-13(9-16(15)22-3)10-20-8-4-5-14(11-20)17(21)19-18/h6-7,9,12,14H,4-5,8,10-11,18H2,1-3H3,(H,19,21). The lowest BCUT2D eigenvalue weighted by atomic mass is 9.97. The fraction of sp³-hybridized carbons (Fsp3) is 0.588. The SMILES string of the molecule is COc1cc(CN2CCCC(C(=O)NN)C2)ccc1OC(C)C. The Morgan fingerprint density at radius 2 is 2.22 bits per heavy atom. The van der Waals surface area contributed by atoms with Gasteiger partial charge in [0.2, 0.25) is 5.91 Å². The van der Waals surface area contributed by atoms with Crippen LogP contribution in [0.1, 0.15) is 32.3 Å². The molecule has 0 aromatic heterocycles. The maximum Gasteiger partial charge on any atom is 0.238 e. The second-order valence-corrected chi connectivity index (χ2v) is 6.23. The molecule has 1 atom stereocenters. The van der Waals surface area contributed by atoms with E-state index in [4.69, 9.17) is 15.3 Å². The molecular weight excluding hydrogens is 294 g/mol. The maximum absolute atomic E-state index is 11.7. The van der Waals surface area contributed by atoms with E-state index in [9.17, 15) is 4.79 Å². The highest BCUT2D eigenvalue weighted by Gasteiger charge is 2.25. The number of likely N-dealkylation sites (tertiary alicyclic amines) is 1. The first-order valence-electron chi connectivity index (χ1n) is 8.10.